The van der Waals surface area contributed by atoms with E-state index >= 15 is 0 Å². The lowest BCUT2D eigenvalue weighted by atomic mass is 10.2. The summed E-state index contributed by atoms with van der Waals surface area (Å²) >= 11 is 0. The molecule has 0 heterocycles. The summed E-state index contributed by atoms with van der Waals surface area (Å²) in [5, 5.41) is 13.9. The lowest BCUT2D eigenvalue weighted by Gasteiger charge is -2.13. The monoisotopic (exact) mass is 226 g/mol. The van der Waals surface area contributed by atoms with E-state index in [1.54, 1.807) is 0 Å². The van der Waals surface area contributed by atoms with Crippen molar-refractivity contribution in [2.75, 3.05) is 23.7 Å². The highest BCUT2D eigenvalue weighted by Gasteiger charge is 2.19. The maximum Gasteiger partial charge on any atom is 0.305 e. The Morgan fingerprint density at radius 1 is 1.12 bits per heavy atom. The fourth-order valence-electron chi connectivity index (χ4n) is 1.27. The third kappa shape index (κ3) is 2.59. The van der Waals surface area contributed by atoms with Gasteiger partial charge in [0.15, 0.2) is 0 Å². The third-order valence-electron chi connectivity index (χ3n) is 2.10. The van der Waals surface area contributed by atoms with Gasteiger partial charge in [0.05, 0.1) is 6.42 Å². The van der Waals surface area contributed by atoms with Gasteiger partial charge in [-0.15, -0.1) is 0 Å². The van der Waals surface area contributed by atoms with Gasteiger partial charge in [-0.25, -0.2) is 0 Å². The molecule has 0 saturated carbocycles. The summed E-state index contributed by atoms with van der Waals surface area (Å²) in [6.07, 6.45) is 0.749. The molecular formula is C10H14N2O4. The first kappa shape index (κ1) is 12.2. The number of anilines is 2. The number of carboxylic acid groups (broad SMARTS) is 1. The molecule has 0 atom stereocenters. The summed E-state index contributed by atoms with van der Waals surface area (Å²) in [6.45, 7) is 2.69. The summed E-state index contributed by atoms with van der Waals surface area (Å²) in [5.41, 5.74) is -0.632. The molecule has 1 aromatic rings. The minimum absolute atomic E-state index is 0.0912. The Morgan fingerprint density at radius 2 is 1.62 bits per heavy atom. The highest BCUT2D eigenvalue weighted by atomic mass is 16.4. The zero-order chi connectivity index (χ0) is 12.1. The van der Waals surface area contributed by atoms with Crippen LogP contribution < -0.4 is 21.5 Å². The first-order valence-electron chi connectivity index (χ1n) is 5.10. The zero-order valence-electron chi connectivity index (χ0n) is 9.00. The summed E-state index contributed by atoms with van der Waals surface area (Å²) in [6, 6.07) is 0. The van der Waals surface area contributed by atoms with Crippen molar-refractivity contribution in [2.24, 2.45) is 0 Å². The number of aliphatic carboxylic acids is 1. The third-order valence-corrected chi connectivity index (χ3v) is 2.10. The van der Waals surface area contributed by atoms with E-state index in [9.17, 15) is 14.4 Å². The number of carbonyl (C=O) groups is 1. The van der Waals surface area contributed by atoms with E-state index in [4.69, 9.17) is 5.11 Å². The predicted molar refractivity (Wildman–Crippen MR) is 60.9 cm³/mol. The van der Waals surface area contributed by atoms with Gasteiger partial charge in [0.25, 0.3) is 10.9 Å². The summed E-state index contributed by atoms with van der Waals surface area (Å²) in [5.74, 6) is -0.950. The second-order valence-electron chi connectivity index (χ2n) is 3.41. The van der Waals surface area contributed by atoms with E-state index in [1.807, 2.05) is 6.92 Å². The first-order valence-corrected chi connectivity index (χ1v) is 5.10. The normalized spacial score (nSPS) is 10.3. The van der Waals surface area contributed by atoms with E-state index in [-0.39, 0.29) is 24.3 Å². The van der Waals surface area contributed by atoms with Crippen LogP contribution in [0.3, 0.4) is 0 Å². The molecule has 3 N–H and O–H groups in total. The van der Waals surface area contributed by atoms with Crippen molar-refractivity contribution >= 4 is 17.3 Å². The minimum Gasteiger partial charge on any atom is -0.481 e. The van der Waals surface area contributed by atoms with Gasteiger partial charge in [-0.1, -0.05) is 6.92 Å². The van der Waals surface area contributed by atoms with Crippen LogP contribution in [0.2, 0.25) is 0 Å². The Hall–Kier alpha value is -1.85. The van der Waals surface area contributed by atoms with Gasteiger partial charge in [0.1, 0.15) is 11.4 Å². The van der Waals surface area contributed by atoms with Crippen LogP contribution in [-0.4, -0.2) is 24.2 Å². The van der Waals surface area contributed by atoms with Crippen molar-refractivity contribution in [2.45, 2.75) is 19.8 Å². The topological polar surface area (TPSA) is 95.5 Å². The molecule has 0 radical (unpaired) electrons. The van der Waals surface area contributed by atoms with Crippen LogP contribution in [0, 0.1) is 0 Å². The van der Waals surface area contributed by atoms with Gasteiger partial charge in [0, 0.05) is 13.1 Å². The van der Waals surface area contributed by atoms with Crippen molar-refractivity contribution in [3.05, 3.63) is 20.4 Å². The molecule has 0 spiro atoms. The Bertz CT molecular complexity index is 446. The maximum atomic E-state index is 11.2. The van der Waals surface area contributed by atoms with Crippen molar-refractivity contribution in [3.63, 3.8) is 0 Å². The molecule has 0 amide bonds. The lowest BCUT2D eigenvalue weighted by molar-refractivity contribution is -0.136. The van der Waals surface area contributed by atoms with Crippen LogP contribution in [0.15, 0.2) is 9.59 Å². The zero-order valence-corrected chi connectivity index (χ0v) is 9.00. The van der Waals surface area contributed by atoms with E-state index in [1.165, 1.54) is 0 Å². The van der Waals surface area contributed by atoms with Crippen LogP contribution in [0.4, 0.5) is 11.4 Å². The summed E-state index contributed by atoms with van der Waals surface area (Å²) in [7, 11) is 0. The fourth-order valence-corrected chi connectivity index (χ4v) is 1.27. The van der Waals surface area contributed by atoms with Gasteiger partial charge in [0.2, 0.25) is 0 Å². The Morgan fingerprint density at radius 3 is 2.06 bits per heavy atom. The standard InChI is InChI=1S/C10H14N2O4/c1-2-4-11-7-8(10(16)9(7)15)12-5-3-6(13)14/h11-12H,2-5H2,1H3,(H,13,14). The molecule has 6 nitrogen and oxygen atoms in total. The molecule has 16 heavy (non-hydrogen) atoms. The molecule has 6 heteroatoms. The highest BCUT2D eigenvalue weighted by molar-refractivity contribution is 5.74. The Kier molecular flexibility index (Phi) is 4.04. The molecule has 0 bridgehead atoms. The quantitative estimate of drug-likeness (QED) is 0.566. The van der Waals surface area contributed by atoms with Crippen LogP contribution >= 0.6 is 0 Å². The molecule has 0 aromatic heterocycles. The molecular weight excluding hydrogens is 212 g/mol. The van der Waals surface area contributed by atoms with Crippen LogP contribution in [0.25, 0.3) is 0 Å². The SMILES string of the molecule is CCCNc1c(NCCC(=O)O)c(=O)c1=O. The Balaban J connectivity index is 2.58. The van der Waals surface area contributed by atoms with E-state index in [0.29, 0.717) is 6.54 Å². The van der Waals surface area contributed by atoms with Gasteiger partial charge in [-0.3, -0.25) is 14.4 Å². The van der Waals surface area contributed by atoms with E-state index < -0.39 is 16.8 Å². The van der Waals surface area contributed by atoms with Crippen LogP contribution in [-0.2, 0) is 4.79 Å². The second kappa shape index (κ2) is 5.29. The van der Waals surface area contributed by atoms with Crippen molar-refractivity contribution < 1.29 is 9.90 Å². The summed E-state index contributed by atoms with van der Waals surface area (Å²) in [4.78, 5) is 32.6. The maximum absolute atomic E-state index is 11.2. The fraction of sp³-hybridized carbons (Fsp3) is 0.500. The van der Waals surface area contributed by atoms with E-state index in [2.05, 4.69) is 10.6 Å². The largest absolute Gasteiger partial charge is 0.481 e. The van der Waals surface area contributed by atoms with Gasteiger partial charge in [-0.05, 0) is 6.42 Å². The molecule has 0 aliphatic heterocycles. The van der Waals surface area contributed by atoms with Gasteiger partial charge < -0.3 is 15.7 Å². The van der Waals surface area contributed by atoms with Crippen molar-refractivity contribution in [1.29, 1.82) is 0 Å². The van der Waals surface area contributed by atoms with Crippen LogP contribution in [0.5, 0.6) is 0 Å². The average Bonchev–Trinajstić information content (AvgIpc) is 2.26. The van der Waals surface area contributed by atoms with Crippen molar-refractivity contribution in [1.82, 2.24) is 0 Å². The highest BCUT2D eigenvalue weighted by Crippen LogP contribution is 2.13. The average molecular weight is 226 g/mol. The summed E-state index contributed by atoms with van der Waals surface area (Å²) < 4.78 is 0. The number of rotatable bonds is 7. The van der Waals surface area contributed by atoms with Crippen molar-refractivity contribution in [3.8, 4) is 0 Å². The Labute approximate surface area is 92.0 Å². The smallest absolute Gasteiger partial charge is 0.305 e. The predicted octanol–water partition coefficient (Wildman–Crippen LogP) is -0.00890. The molecule has 88 valence electrons. The molecule has 0 saturated heterocycles. The number of hydrogen-bond acceptors (Lipinski definition) is 5. The molecule has 0 aliphatic carbocycles. The molecule has 0 unspecified atom stereocenters. The minimum atomic E-state index is -0.950. The number of carboxylic acids is 1. The van der Waals surface area contributed by atoms with E-state index in [0.717, 1.165) is 6.42 Å². The van der Waals surface area contributed by atoms with Gasteiger partial charge in [-0.2, -0.15) is 0 Å². The lowest BCUT2D eigenvalue weighted by Crippen LogP contribution is -2.37. The molecule has 1 aromatic carbocycles. The molecule has 1 rings (SSSR count). The molecule has 0 fully saturated rings. The second-order valence-corrected chi connectivity index (χ2v) is 3.41. The number of nitrogens with one attached hydrogen (secondary N) is 2. The van der Waals surface area contributed by atoms with Crippen LogP contribution in [0.1, 0.15) is 19.8 Å². The molecule has 0 aliphatic rings. The van der Waals surface area contributed by atoms with Gasteiger partial charge >= 0.3 is 5.97 Å². The first-order chi connectivity index (χ1) is 7.57. The number of hydrogen-bond donors (Lipinski definition) is 3.